The molecule has 0 atom stereocenters. The fourth-order valence-corrected chi connectivity index (χ4v) is 2.32. The first-order valence-corrected chi connectivity index (χ1v) is 7.78. The Bertz CT molecular complexity index is 581. The van der Waals surface area contributed by atoms with E-state index in [1.165, 1.54) is 3.57 Å². The van der Waals surface area contributed by atoms with Crippen LogP contribution >= 0.6 is 38.5 Å². The lowest BCUT2D eigenvalue weighted by molar-refractivity contribution is 0.339. The fraction of sp³-hybridized carbons (Fsp3) is 0.133. The second-order valence-corrected chi connectivity index (χ2v) is 6.01. The van der Waals surface area contributed by atoms with Crippen LogP contribution in [0.25, 0.3) is 0 Å². The van der Waals surface area contributed by atoms with Crippen molar-refractivity contribution in [2.45, 2.75) is 6.92 Å². The highest BCUT2D eigenvalue weighted by Crippen LogP contribution is 2.23. The second kappa shape index (κ2) is 7.05. The molecule has 98 valence electrons. The maximum Gasteiger partial charge on any atom is 0.128 e. The van der Waals surface area contributed by atoms with E-state index in [0.29, 0.717) is 6.61 Å². The standard InChI is InChI=1S/C15H13BrINO/c1-2-19-15-8-3-12(16)9-11(15)10-18-14-6-4-13(17)5-7-14/h3-10H,2H2,1H3. The van der Waals surface area contributed by atoms with Crippen molar-refractivity contribution in [3.63, 3.8) is 0 Å². The Morgan fingerprint density at radius 2 is 1.95 bits per heavy atom. The van der Waals surface area contributed by atoms with Crippen molar-refractivity contribution < 1.29 is 4.74 Å². The van der Waals surface area contributed by atoms with E-state index in [4.69, 9.17) is 4.74 Å². The van der Waals surface area contributed by atoms with Gasteiger partial charge in [0.25, 0.3) is 0 Å². The molecule has 0 aliphatic heterocycles. The number of halogens is 2. The third-order valence-electron chi connectivity index (χ3n) is 2.45. The van der Waals surface area contributed by atoms with E-state index in [0.717, 1.165) is 21.5 Å². The van der Waals surface area contributed by atoms with Crippen LogP contribution in [0, 0.1) is 3.57 Å². The van der Waals surface area contributed by atoms with Crippen molar-refractivity contribution in [1.82, 2.24) is 0 Å². The summed E-state index contributed by atoms with van der Waals surface area (Å²) in [4.78, 5) is 4.47. The molecule has 0 N–H and O–H groups in total. The van der Waals surface area contributed by atoms with E-state index < -0.39 is 0 Å². The minimum Gasteiger partial charge on any atom is -0.493 e. The van der Waals surface area contributed by atoms with Gasteiger partial charge in [0.15, 0.2) is 0 Å². The van der Waals surface area contributed by atoms with Gasteiger partial charge in [-0.15, -0.1) is 0 Å². The number of nitrogens with zero attached hydrogens (tertiary/aromatic N) is 1. The summed E-state index contributed by atoms with van der Waals surface area (Å²) in [5.41, 5.74) is 1.90. The molecule has 19 heavy (non-hydrogen) atoms. The molecule has 0 aliphatic carbocycles. The topological polar surface area (TPSA) is 21.6 Å². The van der Waals surface area contributed by atoms with Gasteiger partial charge in [0.1, 0.15) is 5.75 Å². The van der Waals surface area contributed by atoms with Crippen LogP contribution in [0.15, 0.2) is 51.9 Å². The van der Waals surface area contributed by atoms with E-state index in [1.54, 1.807) is 0 Å². The third-order valence-corrected chi connectivity index (χ3v) is 3.66. The van der Waals surface area contributed by atoms with Gasteiger partial charge in [-0.05, 0) is 72.0 Å². The normalized spacial score (nSPS) is 10.9. The van der Waals surface area contributed by atoms with Crippen LogP contribution in [-0.4, -0.2) is 12.8 Å². The van der Waals surface area contributed by atoms with Crippen LogP contribution in [0.4, 0.5) is 5.69 Å². The Morgan fingerprint density at radius 3 is 2.63 bits per heavy atom. The summed E-state index contributed by atoms with van der Waals surface area (Å²) in [6.07, 6.45) is 1.83. The van der Waals surface area contributed by atoms with E-state index in [1.807, 2.05) is 55.6 Å². The lowest BCUT2D eigenvalue weighted by Gasteiger charge is -2.07. The Labute approximate surface area is 135 Å². The smallest absolute Gasteiger partial charge is 0.128 e. The quantitative estimate of drug-likeness (QED) is 0.483. The zero-order chi connectivity index (χ0) is 13.7. The molecule has 0 heterocycles. The highest BCUT2D eigenvalue weighted by Gasteiger charge is 2.01. The summed E-state index contributed by atoms with van der Waals surface area (Å²) in [6.45, 7) is 2.62. The molecule has 0 fully saturated rings. The summed E-state index contributed by atoms with van der Waals surface area (Å²) in [6, 6.07) is 14.0. The van der Waals surface area contributed by atoms with Crippen molar-refractivity contribution >= 4 is 50.4 Å². The van der Waals surface area contributed by atoms with Crippen LogP contribution < -0.4 is 4.74 Å². The largest absolute Gasteiger partial charge is 0.493 e. The summed E-state index contributed by atoms with van der Waals surface area (Å²) >= 11 is 5.74. The predicted octanol–water partition coefficient (Wildman–Crippen LogP) is 5.20. The van der Waals surface area contributed by atoms with Gasteiger partial charge in [-0.2, -0.15) is 0 Å². The zero-order valence-corrected chi connectivity index (χ0v) is 14.2. The molecule has 4 heteroatoms. The monoisotopic (exact) mass is 429 g/mol. The average molecular weight is 430 g/mol. The molecule has 0 unspecified atom stereocenters. The van der Waals surface area contributed by atoms with E-state index in [2.05, 4.69) is 43.5 Å². The first-order valence-electron chi connectivity index (χ1n) is 5.91. The van der Waals surface area contributed by atoms with Crippen LogP contribution in [0.2, 0.25) is 0 Å². The van der Waals surface area contributed by atoms with Gasteiger partial charge in [0, 0.05) is 19.8 Å². The summed E-state index contributed by atoms with van der Waals surface area (Å²) in [5, 5.41) is 0. The average Bonchev–Trinajstić information content (AvgIpc) is 2.41. The van der Waals surface area contributed by atoms with E-state index in [-0.39, 0.29) is 0 Å². The molecule has 0 saturated carbocycles. The van der Waals surface area contributed by atoms with Crippen molar-refractivity contribution in [3.05, 3.63) is 56.1 Å². The molecule has 0 spiro atoms. The molecular formula is C15H13BrINO. The van der Waals surface area contributed by atoms with Gasteiger partial charge in [-0.3, -0.25) is 4.99 Å². The molecule has 2 rings (SSSR count). The molecule has 2 aromatic carbocycles. The summed E-state index contributed by atoms with van der Waals surface area (Å²) in [7, 11) is 0. The van der Waals surface area contributed by atoms with Crippen LogP contribution in [0.1, 0.15) is 12.5 Å². The molecule has 0 saturated heterocycles. The first kappa shape index (κ1) is 14.5. The van der Waals surface area contributed by atoms with Gasteiger partial charge >= 0.3 is 0 Å². The number of benzene rings is 2. The lowest BCUT2D eigenvalue weighted by atomic mass is 10.2. The maximum atomic E-state index is 5.59. The van der Waals surface area contributed by atoms with Crippen molar-refractivity contribution in [3.8, 4) is 5.75 Å². The highest BCUT2D eigenvalue weighted by atomic mass is 127. The van der Waals surface area contributed by atoms with Gasteiger partial charge in [-0.1, -0.05) is 15.9 Å². The Kier molecular flexibility index (Phi) is 5.39. The Balaban J connectivity index is 2.26. The molecule has 0 aromatic heterocycles. The number of ether oxygens (including phenoxy) is 1. The van der Waals surface area contributed by atoms with Gasteiger partial charge < -0.3 is 4.74 Å². The summed E-state index contributed by atoms with van der Waals surface area (Å²) < 4.78 is 7.80. The van der Waals surface area contributed by atoms with Crippen molar-refractivity contribution in [2.75, 3.05) is 6.61 Å². The van der Waals surface area contributed by atoms with E-state index in [9.17, 15) is 0 Å². The molecule has 0 amide bonds. The maximum absolute atomic E-state index is 5.59. The predicted molar refractivity (Wildman–Crippen MR) is 91.7 cm³/mol. The molecular weight excluding hydrogens is 417 g/mol. The minimum absolute atomic E-state index is 0.645. The Hall–Kier alpha value is -0.880. The third kappa shape index (κ3) is 4.31. The van der Waals surface area contributed by atoms with Gasteiger partial charge in [-0.25, -0.2) is 0 Å². The lowest BCUT2D eigenvalue weighted by Crippen LogP contribution is -1.95. The van der Waals surface area contributed by atoms with Gasteiger partial charge in [0.2, 0.25) is 0 Å². The summed E-state index contributed by atoms with van der Waals surface area (Å²) in [5.74, 6) is 0.847. The van der Waals surface area contributed by atoms with Crippen LogP contribution in [0.3, 0.4) is 0 Å². The zero-order valence-electron chi connectivity index (χ0n) is 10.4. The number of rotatable bonds is 4. The Morgan fingerprint density at radius 1 is 1.21 bits per heavy atom. The molecule has 2 nitrogen and oxygen atoms in total. The fourth-order valence-electron chi connectivity index (χ4n) is 1.58. The molecule has 0 aliphatic rings. The first-order chi connectivity index (χ1) is 9.19. The highest BCUT2D eigenvalue weighted by molar-refractivity contribution is 14.1. The van der Waals surface area contributed by atoms with Crippen molar-refractivity contribution in [2.24, 2.45) is 4.99 Å². The molecule has 2 aromatic rings. The van der Waals surface area contributed by atoms with Crippen LogP contribution in [0.5, 0.6) is 5.75 Å². The van der Waals surface area contributed by atoms with E-state index >= 15 is 0 Å². The second-order valence-electron chi connectivity index (χ2n) is 3.85. The molecule has 0 radical (unpaired) electrons. The van der Waals surface area contributed by atoms with Crippen molar-refractivity contribution in [1.29, 1.82) is 0 Å². The van der Waals surface area contributed by atoms with Gasteiger partial charge in [0.05, 0.1) is 12.3 Å². The number of aliphatic imine (C=N–C) groups is 1. The minimum atomic E-state index is 0.645. The van der Waals surface area contributed by atoms with Crippen LogP contribution in [-0.2, 0) is 0 Å². The number of hydrogen-bond donors (Lipinski definition) is 0. The SMILES string of the molecule is CCOc1ccc(Br)cc1C=Nc1ccc(I)cc1. The molecule has 0 bridgehead atoms. The number of hydrogen-bond acceptors (Lipinski definition) is 2.